The summed E-state index contributed by atoms with van der Waals surface area (Å²) in [5, 5.41) is 2.85. The van der Waals surface area contributed by atoms with Gasteiger partial charge in [0.05, 0.1) is 4.90 Å². The van der Waals surface area contributed by atoms with E-state index in [1.165, 1.54) is 18.3 Å². The Kier molecular flexibility index (Phi) is 6.61. The van der Waals surface area contributed by atoms with E-state index in [1.807, 2.05) is 66.7 Å². The maximum absolute atomic E-state index is 13.1. The first-order valence-electron chi connectivity index (χ1n) is 10.2. The van der Waals surface area contributed by atoms with Gasteiger partial charge in [0, 0.05) is 17.5 Å². The van der Waals surface area contributed by atoms with Crippen molar-refractivity contribution in [3.63, 3.8) is 0 Å². The summed E-state index contributed by atoms with van der Waals surface area (Å²) >= 11 is 0. The van der Waals surface area contributed by atoms with Crippen LogP contribution in [0.25, 0.3) is 11.6 Å². The molecule has 0 aliphatic heterocycles. The Balaban J connectivity index is 1.55. The lowest BCUT2D eigenvalue weighted by atomic mass is 10.0. The van der Waals surface area contributed by atoms with E-state index in [1.54, 1.807) is 30.3 Å². The fourth-order valence-corrected chi connectivity index (χ4v) is 4.16. The van der Waals surface area contributed by atoms with Crippen molar-refractivity contribution in [2.24, 2.45) is 0 Å². The van der Waals surface area contributed by atoms with Gasteiger partial charge >= 0.3 is 0 Å². The van der Waals surface area contributed by atoms with Gasteiger partial charge in [-0.25, -0.2) is 13.4 Å². The number of hydrogen-bond acceptors (Lipinski definition) is 4. The molecule has 0 aliphatic carbocycles. The summed E-state index contributed by atoms with van der Waals surface area (Å²) < 4.78 is 27.6. The van der Waals surface area contributed by atoms with Crippen LogP contribution in [0.4, 0.5) is 11.5 Å². The lowest BCUT2D eigenvalue weighted by Crippen LogP contribution is -2.15. The van der Waals surface area contributed by atoms with Gasteiger partial charge in [-0.1, -0.05) is 66.7 Å². The molecule has 0 fully saturated rings. The number of hydrogen-bond donors (Lipinski definition) is 2. The number of anilines is 2. The highest BCUT2D eigenvalue weighted by Crippen LogP contribution is 2.22. The first-order chi connectivity index (χ1) is 16.0. The van der Waals surface area contributed by atoms with Gasteiger partial charge in [0.15, 0.2) is 0 Å². The average molecular weight is 456 g/mol. The van der Waals surface area contributed by atoms with Crippen LogP contribution in [0.5, 0.6) is 0 Å². The van der Waals surface area contributed by atoms with Crippen LogP contribution in [0, 0.1) is 0 Å². The standard InChI is InChI=1S/C26H21N3O3S/c30-26(24(21-11-5-2-6-12-21)19-20-9-3-1-4-10-20)28-22-14-16-23(17-15-22)33(31,32)29-25-13-7-8-18-27-25/h1-19H,(H,27,29)(H,28,30)/b24-19+. The van der Waals surface area contributed by atoms with Crippen molar-refractivity contribution in [1.82, 2.24) is 4.98 Å². The number of amides is 1. The van der Waals surface area contributed by atoms with E-state index in [-0.39, 0.29) is 16.6 Å². The maximum Gasteiger partial charge on any atom is 0.263 e. The Morgan fingerprint density at radius 2 is 1.39 bits per heavy atom. The molecule has 0 bridgehead atoms. The predicted octanol–water partition coefficient (Wildman–Crippen LogP) is 5.06. The van der Waals surface area contributed by atoms with Crippen molar-refractivity contribution in [3.05, 3.63) is 120 Å². The van der Waals surface area contributed by atoms with Crippen LogP contribution in [0.2, 0.25) is 0 Å². The minimum atomic E-state index is -3.80. The Bertz CT molecular complexity index is 1350. The second kappa shape index (κ2) is 9.93. The van der Waals surface area contributed by atoms with E-state index in [0.717, 1.165) is 11.1 Å². The molecule has 0 unspecified atom stereocenters. The molecule has 1 amide bonds. The van der Waals surface area contributed by atoms with E-state index in [0.29, 0.717) is 11.3 Å². The van der Waals surface area contributed by atoms with Gasteiger partial charge in [-0.15, -0.1) is 0 Å². The van der Waals surface area contributed by atoms with E-state index < -0.39 is 10.0 Å². The molecule has 1 aromatic heterocycles. The normalized spacial score (nSPS) is 11.6. The summed E-state index contributed by atoms with van der Waals surface area (Å²) in [5.41, 5.74) is 2.65. The third-order valence-corrected chi connectivity index (χ3v) is 6.14. The van der Waals surface area contributed by atoms with Crippen LogP contribution < -0.4 is 10.0 Å². The lowest BCUT2D eigenvalue weighted by molar-refractivity contribution is -0.111. The van der Waals surface area contributed by atoms with Gasteiger partial charge in [0.2, 0.25) is 0 Å². The van der Waals surface area contributed by atoms with Crippen molar-refractivity contribution in [2.45, 2.75) is 4.90 Å². The fourth-order valence-electron chi connectivity index (χ4n) is 3.15. The number of nitrogens with zero attached hydrogens (tertiary/aromatic N) is 1. The monoisotopic (exact) mass is 455 g/mol. The third kappa shape index (κ3) is 5.72. The van der Waals surface area contributed by atoms with Crippen molar-refractivity contribution < 1.29 is 13.2 Å². The highest BCUT2D eigenvalue weighted by atomic mass is 32.2. The molecule has 0 aliphatic rings. The van der Waals surface area contributed by atoms with Gasteiger partial charge in [-0.05, 0) is 53.6 Å². The number of pyridine rings is 1. The second-order valence-corrected chi connectivity index (χ2v) is 8.82. The average Bonchev–Trinajstić information content (AvgIpc) is 2.84. The molecule has 0 saturated carbocycles. The number of carbonyl (C=O) groups is 1. The smallest absolute Gasteiger partial charge is 0.263 e. The van der Waals surface area contributed by atoms with Gasteiger partial charge in [-0.3, -0.25) is 9.52 Å². The SMILES string of the molecule is O=C(Nc1ccc(S(=O)(=O)Nc2ccccn2)cc1)/C(=C/c1ccccc1)c1ccccc1. The van der Waals surface area contributed by atoms with Crippen molar-refractivity contribution in [1.29, 1.82) is 0 Å². The Hall–Kier alpha value is -4.23. The molecule has 7 heteroatoms. The molecule has 0 spiro atoms. The number of benzene rings is 3. The van der Waals surface area contributed by atoms with Crippen LogP contribution >= 0.6 is 0 Å². The summed E-state index contributed by atoms with van der Waals surface area (Å²) in [6.07, 6.45) is 3.32. The Labute approximate surface area is 192 Å². The number of aromatic nitrogens is 1. The molecule has 3 aromatic carbocycles. The molecule has 6 nitrogen and oxygen atoms in total. The molecular weight excluding hydrogens is 434 g/mol. The first-order valence-corrected chi connectivity index (χ1v) is 11.7. The molecule has 4 rings (SSSR count). The topological polar surface area (TPSA) is 88.2 Å². The van der Waals surface area contributed by atoms with Crippen molar-refractivity contribution in [3.8, 4) is 0 Å². The largest absolute Gasteiger partial charge is 0.322 e. The summed E-state index contributed by atoms with van der Waals surface area (Å²) in [6, 6.07) is 29.9. The summed E-state index contributed by atoms with van der Waals surface area (Å²) in [4.78, 5) is 17.2. The summed E-state index contributed by atoms with van der Waals surface area (Å²) in [6.45, 7) is 0. The predicted molar refractivity (Wildman–Crippen MR) is 131 cm³/mol. The van der Waals surface area contributed by atoms with Crippen LogP contribution in [0.15, 0.2) is 114 Å². The number of carbonyl (C=O) groups excluding carboxylic acids is 1. The zero-order chi connectivity index (χ0) is 23.1. The number of sulfonamides is 1. The van der Waals surface area contributed by atoms with E-state index >= 15 is 0 Å². The summed E-state index contributed by atoms with van der Waals surface area (Å²) in [5.74, 6) is -0.0688. The molecule has 1 heterocycles. The molecule has 0 saturated heterocycles. The van der Waals surface area contributed by atoms with Gasteiger partial charge in [0.1, 0.15) is 5.82 Å². The maximum atomic E-state index is 13.1. The van der Waals surface area contributed by atoms with Crippen LogP contribution in [0.1, 0.15) is 11.1 Å². The highest BCUT2D eigenvalue weighted by molar-refractivity contribution is 7.92. The van der Waals surface area contributed by atoms with Crippen molar-refractivity contribution in [2.75, 3.05) is 10.0 Å². The zero-order valence-corrected chi connectivity index (χ0v) is 18.4. The zero-order valence-electron chi connectivity index (χ0n) is 17.5. The Morgan fingerprint density at radius 1 is 0.758 bits per heavy atom. The fraction of sp³-hybridized carbons (Fsp3) is 0. The molecule has 33 heavy (non-hydrogen) atoms. The number of rotatable bonds is 7. The molecule has 0 radical (unpaired) electrons. The highest BCUT2D eigenvalue weighted by Gasteiger charge is 2.16. The van der Waals surface area contributed by atoms with Crippen LogP contribution in [0.3, 0.4) is 0 Å². The summed E-state index contributed by atoms with van der Waals surface area (Å²) in [7, 11) is -3.80. The molecule has 4 aromatic rings. The van der Waals surface area contributed by atoms with Gasteiger partial charge in [0.25, 0.3) is 15.9 Å². The molecule has 164 valence electrons. The molecule has 0 atom stereocenters. The van der Waals surface area contributed by atoms with E-state index in [2.05, 4.69) is 15.0 Å². The van der Waals surface area contributed by atoms with E-state index in [4.69, 9.17) is 0 Å². The van der Waals surface area contributed by atoms with Gasteiger partial charge in [-0.2, -0.15) is 0 Å². The van der Waals surface area contributed by atoms with Crippen LogP contribution in [-0.4, -0.2) is 19.3 Å². The quantitative estimate of drug-likeness (QED) is 0.301. The lowest BCUT2D eigenvalue weighted by Gasteiger charge is -2.11. The Morgan fingerprint density at radius 3 is 2.03 bits per heavy atom. The molecule has 2 N–H and O–H groups in total. The first kappa shape index (κ1) is 22.0. The van der Waals surface area contributed by atoms with E-state index in [9.17, 15) is 13.2 Å². The number of nitrogens with one attached hydrogen (secondary N) is 2. The van der Waals surface area contributed by atoms with Crippen LogP contribution in [-0.2, 0) is 14.8 Å². The minimum absolute atomic E-state index is 0.0641. The second-order valence-electron chi connectivity index (χ2n) is 7.13. The van der Waals surface area contributed by atoms with Gasteiger partial charge < -0.3 is 5.32 Å². The molecular formula is C26H21N3O3S. The third-order valence-electron chi connectivity index (χ3n) is 4.77. The minimum Gasteiger partial charge on any atom is -0.322 e. The van der Waals surface area contributed by atoms with Crippen molar-refractivity contribution >= 4 is 39.1 Å².